The van der Waals surface area contributed by atoms with Gasteiger partial charge in [-0.2, -0.15) is 0 Å². The number of nitrogens with zero attached hydrogens (tertiary/aromatic N) is 2. The first kappa shape index (κ1) is 15.3. The Morgan fingerprint density at radius 2 is 1.95 bits per heavy atom. The number of halogens is 1. The average Bonchev–Trinajstić information content (AvgIpc) is 2.97. The highest BCUT2D eigenvalue weighted by atomic mass is 19.1. The first-order chi connectivity index (χ1) is 10.6. The summed E-state index contributed by atoms with van der Waals surface area (Å²) in [6.45, 7) is 4.33. The van der Waals surface area contributed by atoms with E-state index in [0.29, 0.717) is 11.7 Å². The molecule has 2 saturated heterocycles. The quantitative estimate of drug-likeness (QED) is 0.932. The number of aliphatic carboxylic acids is 1. The molecule has 0 amide bonds. The van der Waals surface area contributed by atoms with Gasteiger partial charge in [0.1, 0.15) is 11.9 Å². The van der Waals surface area contributed by atoms with Gasteiger partial charge in [-0.25, -0.2) is 4.39 Å². The van der Waals surface area contributed by atoms with E-state index in [9.17, 15) is 14.3 Å². The minimum absolute atomic E-state index is 0.164. The van der Waals surface area contributed by atoms with Gasteiger partial charge >= 0.3 is 5.97 Å². The van der Waals surface area contributed by atoms with Crippen LogP contribution in [-0.4, -0.2) is 47.7 Å². The summed E-state index contributed by atoms with van der Waals surface area (Å²) in [6, 6.07) is 5.34. The first-order valence-electron chi connectivity index (χ1n) is 8.06. The largest absolute Gasteiger partial charge is 0.480 e. The molecule has 1 atom stereocenters. The van der Waals surface area contributed by atoms with E-state index in [1.807, 2.05) is 19.1 Å². The van der Waals surface area contributed by atoms with Crippen molar-refractivity contribution in [3.63, 3.8) is 0 Å². The second kappa shape index (κ2) is 6.24. The Hall–Kier alpha value is -1.62. The third-order valence-corrected chi connectivity index (χ3v) is 4.96. The zero-order valence-electron chi connectivity index (χ0n) is 13.0. The molecular weight excluding hydrogens is 283 g/mol. The minimum Gasteiger partial charge on any atom is -0.480 e. The summed E-state index contributed by atoms with van der Waals surface area (Å²) in [4.78, 5) is 15.5. The van der Waals surface area contributed by atoms with Gasteiger partial charge in [-0.05, 0) is 56.8 Å². The lowest BCUT2D eigenvalue weighted by atomic mass is 10.0. The molecule has 5 heteroatoms. The van der Waals surface area contributed by atoms with Crippen LogP contribution in [0.1, 0.15) is 31.2 Å². The summed E-state index contributed by atoms with van der Waals surface area (Å²) < 4.78 is 14.1. The Labute approximate surface area is 130 Å². The summed E-state index contributed by atoms with van der Waals surface area (Å²) in [5.74, 6) is -0.868. The number of benzene rings is 1. The fourth-order valence-corrected chi connectivity index (χ4v) is 3.80. The SMILES string of the molecule is Cc1ccc(N2CCC(N3CCC[C@H]3C(=O)O)CC2)c(F)c1. The van der Waals surface area contributed by atoms with Crippen LogP contribution in [-0.2, 0) is 4.79 Å². The summed E-state index contributed by atoms with van der Waals surface area (Å²) in [6.07, 6.45) is 3.51. The molecule has 0 aliphatic carbocycles. The summed E-state index contributed by atoms with van der Waals surface area (Å²) >= 11 is 0. The Balaban J connectivity index is 1.64. The zero-order chi connectivity index (χ0) is 15.7. The predicted molar refractivity (Wildman–Crippen MR) is 83.7 cm³/mol. The number of piperidine rings is 1. The van der Waals surface area contributed by atoms with Crippen LogP contribution < -0.4 is 4.90 Å². The van der Waals surface area contributed by atoms with Crippen molar-refractivity contribution in [2.75, 3.05) is 24.5 Å². The molecule has 0 spiro atoms. The van der Waals surface area contributed by atoms with Crippen LogP contribution in [0.3, 0.4) is 0 Å². The predicted octanol–water partition coefficient (Wildman–Crippen LogP) is 2.65. The smallest absolute Gasteiger partial charge is 0.320 e. The molecule has 1 N–H and O–H groups in total. The summed E-state index contributed by atoms with van der Waals surface area (Å²) in [7, 11) is 0. The van der Waals surface area contributed by atoms with E-state index in [1.54, 1.807) is 6.07 Å². The van der Waals surface area contributed by atoms with Gasteiger partial charge in [0.25, 0.3) is 0 Å². The molecular formula is C17H23FN2O2. The van der Waals surface area contributed by atoms with Crippen LogP contribution in [0.2, 0.25) is 0 Å². The Bertz CT molecular complexity index is 556. The van der Waals surface area contributed by atoms with Crippen molar-refractivity contribution < 1.29 is 14.3 Å². The van der Waals surface area contributed by atoms with Gasteiger partial charge in [0.2, 0.25) is 0 Å². The maximum absolute atomic E-state index is 14.1. The first-order valence-corrected chi connectivity index (χ1v) is 8.06. The van der Waals surface area contributed by atoms with Gasteiger partial charge in [-0.1, -0.05) is 6.07 Å². The molecule has 1 aromatic carbocycles. The normalized spacial score (nSPS) is 23.9. The molecule has 0 saturated carbocycles. The van der Waals surface area contributed by atoms with E-state index in [2.05, 4.69) is 9.80 Å². The van der Waals surface area contributed by atoms with Crippen LogP contribution in [0.4, 0.5) is 10.1 Å². The van der Waals surface area contributed by atoms with E-state index in [0.717, 1.165) is 50.9 Å². The molecule has 2 aliphatic rings. The van der Waals surface area contributed by atoms with Gasteiger partial charge in [0.15, 0.2) is 0 Å². The molecule has 0 aromatic heterocycles. The molecule has 22 heavy (non-hydrogen) atoms. The molecule has 2 heterocycles. The van der Waals surface area contributed by atoms with E-state index in [4.69, 9.17) is 0 Å². The molecule has 2 aliphatic heterocycles. The minimum atomic E-state index is -0.704. The van der Waals surface area contributed by atoms with Crippen LogP contribution in [0.5, 0.6) is 0 Å². The zero-order valence-corrected chi connectivity index (χ0v) is 13.0. The van der Waals surface area contributed by atoms with Crippen molar-refractivity contribution in [2.24, 2.45) is 0 Å². The number of rotatable bonds is 3. The maximum Gasteiger partial charge on any atom is 0.320 e. The molecule has 0 unspecified atom stereocenters. The topological polar surface area (TPSA) is 43.8 Å². The standard InChI is InChI=1S/C17H23FN2O2/c1-12-4-5-15(14(18)11-12)19-9-6-13(7-10-19)20-8-2-3-16(20)17(21)22/h4-5,11,13,16H,2-3,6-10H2,1H3,(H,21,22)/t16-/m0/s1. The Morgan fingerprint density at radius 3 is 2.59 bits per heavy atom. The third kappa shape index (κ3) is 2.95. The van der Waals surface area contributed by atoms with E-state index in [-0.39, 0.29) is 11.9 Å². The van der Waals surface area contributed by atoms with Gasteiger partial charge in [-0.15, -0.1) is 0 Å². The number of carboxylic acid groups (broad SMARTS) is 1. The molecule has 1 aromatic rings. The molecule has 120 valence electrons. The van der Waals surface area contributed by atoms with E-state index >= 15 is 0 Å². The molecule has 0 bridgehead atoms. The molecule has 2 fully saturated rings. The van der Waals surface area contributed by atoms with E-state index < -0.39 is 5.97 Å². The average molecular weight is 306 g/mol. The monoisotopic (exact) mass is 306 g/mol. The fraction of sp³-hybridized carbons (Fsp3) is 0.588. The molecule has 3 rings (SSSR count). The highest BCUT2D eigenvalue weighted by Gasteiger charge is 2.36. The molecule has 4 nitrogen and oxygen atoms in total. The van der Waals surface area contributed by atoms with Crippen LogP contribution in [0, 0.1) is 12.7 Å². The van der Waals surface area contributed by atoms with Crippen molar-refractivity contribution in [1.29, 1.82) is 0 Å². The van der Waals surface area contributed by atoms with Crippen molar-refractivity contribution >= 4 is 11.7 Å². The number of hydrogen-bond donors (Lipinski definition) is 1. The number of likely N-dealkylation sites (tertiary alicyclic amines) is 1. The van der Waals surface area contributed by atoms with Gasteiger partial charge in [0, 0.05) is 19.1 Å². The van der Waals surface area contributed by atoms with Crippen molar-refractivity contribution in [3.8, 4) is 0 Å². The number of aryl methyl sites for hydroxylation is 1. The second-order valence-corrected chi connectivity index (χ2v) is 6.41. The lowest BCUT2D eigenvalue weighted by Crippen LogP contribution is -2.49. The van der Waals surface area contributed by atoms with Crippen LogP contribution in [0.25, 0.3) is 0 Å². The van der Waals surface area contributed by atoms with Crippen molar-refractivity contribution in [3.05, 3.63) is 29.6 Å². The highest BCUT2D eigenvalue weighted by molar-refractivity contribution is 5.73. The van der Waals surface area contributed by atoms with Gasteiger partial charge < -0.3 is 10.0 Å². The van der Waals surface area contributed by atoms with Crippen LogP contribution >= 0.6 is 0 Å². The maximum atomic E-state index is 14.1. The number of carboxylic acids is 1. The Morgan fingerprint density at radius 1 is 1.23 bits per heavy atom. The Kier molecular flexibility index (Phi) is 4.34. The number of hydrogen-bond acceptors (Lipinski definition) is 3. The molecule has 0 radical (unpaired) electrons. The van der Waals surface area contributed by atoms with Gasteiger partial charge in [0.05, 0.1) is 5.69 Å². The van der Waals surface area contributed by atoms with E-state index in [1.165, 1.54) is 0 Å². The number of carbonyl (C=O) groups is 1. The van der Waals surface area contributed by atoms with Crippen LogP contribution in [0.15, 0.2) is 18.2 Å². The summed E-state index contributed by atoms with van der Waals surface area (Å²) in [5, 5.41) is 9.31. The van der Waals surface area contributed by atoms with Gasteiger partial charge in [-0.3, -0.25) is 9.69 Å². The fourth-order valence-electron chi connectivity index (χ4n) is 3.80. The summed E-state index contributed by atoms with van der Waals surface area (Å²) in [5.41, 5.74) is 1.60. The third-order valence-electron chi connectivity index (χ3n) is 4.96. The van der Waals surface area contributed by atoms with Crippen molar-refractivity contribution in [1.82, 2.24) is 4.90 Å². The second-order valence-electron chi connectivity index (χ2n) is 6.41. The lowest BCUT2D eigenvalue weighted by molar-refractivity contribution is -0.143. The highest BCUT2D eigenvalue weighted by Crippen LogP contribution is 2.29. The van der Waals surface area contributed by atoms with Crippen molar-refractivity contribution in [2.45, 2.75) is 44.7 Å². The lowest BCUT2D eigenvalue weighted by Gasteiger charge is -2.39. The number of anilines is 1.